The van der Waals surface area contributed by atoms with Crippen LogP contribution in [0.3, 0.4) is 0 Å². The molecule has 4 nitrogen and oxygen atoms in total. The third-order valence-electron chi connectivity index (χ3n) is 3.39. The molecule has 0 aromatic rings. The van der Waals surface area contributed by atoms with Gasteiger partial charge in [-0.2, -0.15) is 0 Å². The first-order valence-electron chi connectivity index (χ1n) is 6.01. The van der Waals surface area contributed by atoms with Crippen LogP contribution in [0.15, 0.2) is 4.99 Å². The van der Waals surface area contributed by atoms with Crippen molar-refractivity contribution in [3.63, 3.8) is 0 Å². The second-order valence-electron chi connectivity index (χ2n) is 5.00. The van der Waals surface area contributed by atoms with Crippen molar-refractivity contribution in [2.75, 3.05) is 6.54 Å². The number of likely N-dealkylation sites (tertiary alicyclic amines) is 1. The number of aliphatic imine (C=N–C) groups is 1. The third-order valence-corrected chi connectivity index (χ3v) is 3.39. The zero-order valence-corrected chi connectivity index (χ0v) is 9.74. The monoisotopic (exact) mass is 210 g/mol. The molecule has 1 saturated heterocycles. The van der Waals surface area contributed by atoms with Gasteiger partial charge in [0, 0.05) is 12.6 Å². The van der Waals surface area contributed by atoms with Gasteiger partial charge in [-0.1, -0.05) is 6.92 Å². The number of nitrogens with two attached hydrogens (primary N) is 1. The van der Waals surface area contributed by atoms with E-state index in [1.807, 2.05) is 0 Å². The summed E-state index contributed by atoms with van der Waals surface area (Å²) in [6.45, 7) is 5.66. The summed E-state index contributed by atoms with van der Waals surface area (Å²) >= 11 is 0. The zero-order chi connectivity index (χ0) is 10.8. The first-order valence-corrected chi connectivity index (χ1v) is 6.01. The number of hydrogen-bond acceptors (Lipinski definition) is 2. The van der Waals surface area contributed by atoms with Crippen molar-refractivity contribution in [2.24, 2.45) is 16.8 Å². The van der Waals surface area contributed by atoms with E-state index in [0.717, 1.165) is 18.4 Å². The molecule has 86 valence electrons. The minimum absolute atomic E-state index is 0.530. The van der Waals surface area contributed by atoms with Gasteiger partial charge in [-0.15, -0.1) is 0 Å². The van der Waals surface area contributed by atoms with Crippen molar-refractivity contribution in [1.29, 1.82) is 0 Å². The Labute approximate surface area is 91.9 Å². The number of rotatable bonds is 1. The van der Waals surface area contributed by atoms with E-state index in [-0.39, 0.29) is 0 Å². The molecule has 0 amide bonds. The van der Waals surface area contributed by atoms with Gasteiger partial charge in [0.15, 0.2) is 0 Å². The van der Waals surface area contributed by atoms with Gasteiger partial charge in [-0.05, 0) is 38.5 Å². The van der Waals surface area contributed by atoms with Gasteiger partial charge >= 0.3 is 0 Å². The average molecular weight is 210 g/mol. The van der Waals surface area contributed by atoms with Crippen molar-refractivity contribution < 1.29 is 0 Å². The number of hydrogen-bond donors (Lipinski definition) is 2. The first-order chi connectivity index (χ1) is 7.20. The van der Waals surface area contributed by atoms with Crippen LogP contribution in [0.4, 0.5) is 0 Å². The summed E-state index contributed by atoms with van der Waals surface area (Å²) in [4.78, 5) is 6.93. The Morgan fingerprint density at radius 1 is 1.33 bits per heavy atom. The summed E-state index contributed by atoms with van der Waals surface area (Å²) in [7, 11) is 0. The van der Waals surface area contributed by atoms with Crippen molar-refractivity contribution in [1.82, 2.24) is 10.3 Å². The van der Waals surface area contributed by atoms with Crippen LogP contribution in [0.1, 0.15) is 39.5 Å². The Bertz CT molecular complexity index is 247. The lowest BCUT2D eigenvalue weighted by Crippen LogP contribution is -2.52. The zero-order valence-electron chi connectivity index (χ0n) is 9.74. The molecule has 0 bridgehead atoms. The van der Waals surface area contributed by atoms with E-state index in [1.54, 1.807) is 0 Å². The van der Waals surface area contributed by atoms with Gasteiger partial charge in [-0.25, -0.2) is 10.8 Å². The van der Waals surface area contributed by atoms with Crippen LogP contribution >= 0.6 is 0 Å². The predicted octanol–water partition coefficient (Wildman–Crippen LogP) is 1.09. The maximum atomic E-state index is 5.55. The molecule has 2 rings (SSSR count). The molecule has 3 N–H and O–H groups in total. The van der Waals surface area contributed by atoms with Crippen LogP contribution in [0.2, 0.25) is 0 Å². The Morgan fingerprint density at radius 2 is 2.07 bits per heavy atom. The van der Waals surface area contributed by atoms with E-state index in [9.17, 15) is 0 Å². The van der Waals surface area contributed by atoms with Crippen LogP contribution in [0.25, 0.3) is 0 Å². The molecule has 1 saturated carbocycles. The van der Waals surface area contributed by atoms with Crippen molar-refractivity contribution in [3.8, 4) is 0 Å². The molecule has 15 heavy (non-hydrogen) atoms. The highest BCUT2D eigenvalue weighted by Gasteiger charge is 2.28. The topological polar surface area (TPSA) is 53.6 Å². The van der Waals surface area contributed by atoms with Crippen molar-refractivity contribution >= 4 is 5.96 Å². The van der Waals surface area contributed by atoms with Gasteiger partial charge < -0.3 is 4.90 Å². The smallest absolute Gasteiger partial charge is 0.208 e. The number of guanidine groups is 1. The average Bonchev–Trinajstić information content (AvgIpc) is 2.99. The van der Waals surface area contributed by atoms with Crippen LogP contribution in [0, 0.1) is 5.92 Å². The molecule has 2 atom stereocenters. The molecule has 1 aliphatic carbocycles. The second kappa shape index (κ2) is 4.39. The molecule has 4 heteroatoms. The van der Waals surface area contributed by atoms with Gasteiger partial charge in [0.2, 0.25) is 5.96 Å². The lowest BCUT2D eigenvalue weighted by atomic mass is 9.94. The molecule has 0 aromatic heterocycles. The molecular formula is C11H22N4. The van der Waals surface area contributed by atoms with E-state index in [0.29, 0.717) is 12.1 Å². The van der Waals surface area contributed by atoms with Crippen LogP contribution < -0.4 is 11.3 Å². The normalized spacial score (nSPS) is 33.0. The van der Waals surface area contributed by atoms with Gasteiger partial charge in [0.1, 0.15) is 0 Å². The molecule has 0 radical (unpaired) electrons. The van der Waals surface area contributed by atoms with E-state index < -0.39 is 0 Å². The molecule has 2 unspecified atom stereocenters. The summed E-state index contributed by atoms with van der Waals surface area (Å²) in [5.41, 5.74) is 2.76. The highest BCUT2D eigenvalue weighted by atomic mass is 15.4. The molecule has 1 heterocycles. The molecule has 1 aliphatic heterocycles. The summed E-state index contributed by atoms with van der Waals surface area (Å²) < 4.78 is 0. The summed E-state index contributed by atoms with van der Waals surface area (Å²) in [6.07, 6.45) is 4.94. The summed E-state index contributed by atoms with van der Waals surface area (Å²) in [5, 5.41) is 0. The third kappa shape index (κ3) is 2.62. The molecule has 0 spiro atoms. The lowest BCUT2D eigenvalue weighted by molar-refractivity contribution is 0.203. The number of nitrogens with zero attached hydrogens (tertiary/aromatic N) is 2. The number of nitrogens with one attached hydrogen (secondary N) is 1. The SMILES string of the molecule is CC1CCN(C(=NC2CC2)NN)C(C)C1. The Kier molecular flexibility index (Phi) is 3.14. The van der Waals surface area contributed by atoms with E-state index in [4.69, 9.17) is 5.84 Å². The van der Waals surface area contributed by atoms with Gasteiger partial charge in [0.25, 0.3) is 0 Å². The van der Waals surface area contributed by atoms with Gasteiger partial charge in [-0.3, -0.25) is 5.43 Å². The molecule has 2 aliphatic rings. The van der Waals surface area contributed by atoms with Gasteiger partial charge in [0.05, 0.1) is 6.04 Å². The fourth-order valence-corrected chi connectivity index (χ4v) is 2.29. The van der Waals surface area contributed by atoms with Crippen molar-refractivity contribution in [2.45, 2.75) is 51.6 Å². The highest BCUT2D eigenvalue weighted by Crippen LogP contribution is 2.26. The van der Waals surface area contributed by atoms with Crippen LogP contribution in [0.5, 0.6) is 0 Å². The standard InChI is InChI=1S/C11H22N4/c1-8-5-6-15(9(2)7-8)11(14-12)13-10-3-4-10/h8-10H,3-7,12H2,1-2H3,(H,13,14). The number of piperidine rings is 1. The Balaban J connectivity index is 2.00. The largest absolute Gasteiger partial charge is 0.339 e. The first kappa shape index (κ1) is 10.7. The van der Waals surface area contributed by atoms with Crippen LogP contribution in [-0.2, 0) is 0 Å². The maximum absolute atomic E-state index is 5.55. The van der Waals surface area contributed by atoms with E-state index >= 15 is 0 Å². The van der Waals surface area contributed by atoms with E-state index in [1.165, 1.54) is 25.7 Å². The molecular weight excluding hydrogens is 188 g/mol. The fraction of sp³-hybridized carbons (Fsp3) is 0.909. The molecule has 0 aromatic carbocycles. The van der Waals surface area contributed by atoms with Crippen molar-refractivity contribution in [3.05, 3.63) is 0 Å². The predicted molar refractivity (Wildman–Crippen MR) is 62.3 cm³/mol. The van der Waals surface area contributed by atoms with E-state index in [2.05, 4.69) is 29.2 Å². The number of hydrazine groups is 1. The summed E-state index contributed by atoms with van der Waals surface area (Å²) in [5.74, 6) is 7.28. The Hall–Kier alpha value is -0.770. The minimum Gasteiger partial charge on any atom is -0.339 e. The van der Waals surface area contributed by atoms with Crippen LogP contribution in [-0.4, -0.2) is 29.5 Å². The quantitative estimate of drug-likeness (QED) is 0.295. The fourth-order valence-electron chi connectivity index (χ4n) is 2.29. The maximum Gasteiger partial charge on any atom is 0.208 e. The highest BCUT2D eigenvalue weighted by molar-refractivity contribution is 5.80. The summed E-state index contributed by atoms with van der Waals surface area (Å²) in [6, 6.07) is 1.09. The minimum atomic E-state index is 0.530. The molecule has 2 fully saturated rings. The Morgan fingerprint density at radius 3 is 2.60 bits per heavy atom. The lowest BCUT2D eigenvalue weighted by Gasteiger charge is -2.38. The second-order valence-corrected chi connectivity index (χ2v) is 5.00.